The van der Waals surface area contributed by atoms with Gasteiger partial charge in [-0.05, 0) is 92.6 Å². The number of hydrogen-bond donors (Lipinski definition) is 2. The molecule has 0 radical (unpaired) electrons. The van der Waals surface area contributed by atoms with Crippen LogP contribution in [0, 0.1) is 20.8 Å². The van der Waals surface area contributed by atoms with Crippen LogP contribution in [0.1, 0.15) is 53.6 Å². The average molecular weight is 544 g/mol. The van der Waals surface area contributed by atoms with Gasteiger partial charge in [0.05, 0.1) is 28.5 Å². The first kappa shape index (κ1) is 25.9. The number of carbonyl (C=O) groups excluding carboxylic acids is 1. The molecule has 194 valence electrons. The number of amides is 1. The topological polar surface area (TPSA) is 62.2 Å². The number of aryl methyl sites for hydroxylation is 2. The molecule has 2 N–H and O–H groups in total. The lowest BCUT2D eigenvalue weighted by Crippen LogP contribution is -2.29. The van der Waals surface area contributed by atoms with Crippen molar-refractivity contribution in [3.05, 3.63) is 106 Å². The number of benzene rings is 2. The number of nitrogens with zero attached hydrogens (tertiary/aromatic N) is 3. The van der Waals surface area contributed by atoms with Crippen LogP contribution in [0.25, 0.3) is 5.69 Å². The second-order valence-electron chi connectivity index (χ2n) is 9.51. The van der Waals surface area contributed by atoms with Crippen molar-refractivity contribution >= 4 is 46.2 Å². The summed E-state index contributed by atoms with van der Waals surface area (Å²) in [4.78, 5) is 18.8. The van der Waals surface area contributed by atoms with Crippen LogP contribution in [0.2, 0.25) is 5.02 Å². The van der Waals surface area contributed by atoms with Gasteiger partial charge in [-0.25, -0.2) is 0 Å². The molecule has 4 aromatic rings. The van der Waals surface area contributed by atoms with Gasteiger partial charge in [-0.15, -0.1) is 0 Å². The number of anilines is 2. The van der Waals surface area contributed by atoms with Crippen LogP contribution in [0.3, 0.4) is 0 Å². The van der Waals surface area contributed by atoms with E-state index in [9.17, 15) is 4.79 Å². The zero-order chi connectivity index (χ0) is 27.0. The Bertz CT molecular complexity index is 1520. The van der Waals surface area contributed by atoms with Crippen LogP contribution in [-0.4, -0.2) is 20.6 Å². The molecule has 5 rings (SSSR count). The molecular weight excluding hydrogens is 514 g/mol. The molecule has 0 saturated carbocycles. The largest absolute Gasteiger partial charge is 0.351 e. The van der Waals surface area contributed by atoms with Crippen LogP contribution in [0.15, 0.2) is 72.9 Å². The number of pyridine rings is 1. The second kappa shape index (κ2) is 10.6. The minimum atomic E-state index is -0.163. The Balaban J connectivity index is 1.64. The van der Waals surface area contributed by atoms with Gasteiger partial charge in [0.25, 0.3) is 0 Å². The Hall–Kier alpha value is -3.68. The maximum absolute atomic E-state index is 12.0. The van der Waals surface area contributed by atoms with E-state index < -0.39 is 0 Å². The number of aromatic nitrogens is 2. The molecule has 0 unspecified atom stereocenters. The van der Waals surface area contributed by atoms with E-state index in [-0.39, 0.29) is 18.0 Å². The van der Waals surface area contributed by atoms with Crippen molar-refractivity contribution in [2.75, 3.05) is 10.2 Å². The Morgan fingerprint density at radius 2 is 1.84 bits per heavy atom. The Morgan fingerprint density at radius 3 is 2.53 bits per heavy atom. The maximum Gasteiger partial charge on any atom is 0.224 e. The third kappa shape index (κ3) is 4.68. The van der Waals surface area contributed by atoms with Crippen LogP contribution < -0.4 is 15.5 Å². The van der Waals surface area contributed by atoms with E-state index in [1.807, 2.05) is 74.6 Å². The number of carbonyl (C=O) groups is 1. The van der Waals surface area contributed by atoms with Gasteiger partial charge in [0.2, 0.25) is 5.91 Å². The summed E-state index contributed by atoms with van der Waals surface area (Å²) in [6, 6.07) is 21.7. The minimum absolute atomic E-state index is 0.0145. The van der Waals surface area contributed by atoms with Crippen LogP contribution >= 0.6 is 23.8 Å². The molecule has 1 aliphatic heterocycles. The first-order valence-corrected chi connectivity index (χ1v) is 13.4. The van der Waals surface area contributed by atoms with Crippen molar-refractivity contribution in [2.24, 2.45) is 0 Å². The number of hydrogen-bond acceptors (Lipinski definition) is 3. The average Bonchev–Trinajstić information content (AvgIpc) is 3.41. The Labute approximate surface area is 233 Å². The summed E-state index contributed by atoms with van der Waals surface area (Å²) in [5.41, 5.74) is 7.86. The van der Waals surface area contributed by atoms with E-state index in [0.29, 0.717) is 16.6 Å². The van der Waals surface area contributed by atoms with Crippen molar-refractivity contribution in [1.82, 2.24) is 14.9 Å². The summed E-state index contributed by atoms with van der Waals surface area (Å²) in [7, 11) is 0. The number of halogens is 1. The van der Waals surface area contributed by atoms with E-state index in [0.717, 1.165) is 45.3 Å². The van der Waals surface area contributed by atoms with Gasteiger partial charge in [0.1, 0.15) is 0 Å². The summed E-state index contributed by atoms with van der Waals surface area (Å²) >= 11 is 12.5. The predicted octanol–water partition coefficient (Wildman–Crippen LogP) is 6.98. The summed E-state index contributed by atoms with van der Waals surface area (Å²) in [6.07, 6.45) is 2.23. The zero-order valence-electron chi connectivity index (χ0n) is 21.8. The number of thiocarbonyl (C=S) groups is 1. The Kier molecular flexibility index (Phi) is 7.23. The molecule has 2 aromatic carbocycles. The lowest BCUT2D eigenvalue weighted by Gasteiger charge is -2.29. The predicted molar refractivity (Wildman–Crippen MR) is 158 cm³/mol. The molecule has 3 heterocycles. The van der Waals surface area contributed by atoms with Gasteiger partial charge < -0.3 is 20.1 Å². The molecule has 0 spiro atoms. The molecule has 1 aliphatic rings. The van der Waals surface area contributed by atoms with Gasteiger partial charge in [-0.3, -0.25) is 9.78 Å². The first-order chi connectivity index (χ1) is 18.3. The van der Waals surface area contributed by atoms with Gasteiger partial charge in [-0.1, -0.05) is 36.7 Å². The van der Waals surface area contributed by atoms with E-state index >= 15 is 0 Å². The highest BCUT2D eigenvalue weighted by Crippen LogP contribution is 2.44. The van der Waals surface area contributed by atoms with Crippen LogP contribution in [0.5, 0.6) is 0 Å². The molecular formula is C30H30ClN5OS. The molecule has 1 amide bonds. The normalized spacial score (nSPS) is 17.0. The third-order valence-corrected chi connectivity index (χ3v) is 7.70. The highest BCUT2D eigenvalue weighted by Gasteiger charge is 2.42. The van der Waals surface area contributed by atoms with E-state index in [2.05, 4.69) is 51.1 Å². The fourth-order valence-corrected chi connectivity index (χ4v) is 5.78. The summed E-state index contributed by atoms with van der Waals surface area (Å²) in [5.74, 6) is -0.0145. The van der Waals surface area contributed by atoms with E-state index in [4.69, 9.17) is 23.8 Å². The highest BCUT2D eigenvalue weighted by molar-refractivity contribution is 7.80. The van der Waals surface area contributed by atoms with Crippen molar-refractivity contribution in [3.63, 3.8) is 0 Å². The summed E-state index contributed by atoms with van der Waals surface area (Å²) in [5, 5.41) is 7.83. The highest BCUT2D eigenvalue weighted by atomic mass is 35.5. The molecule has 2 aromatic heterocycles. The number of rotatable bonds is 6. The lowest BCUT2D eigenvalue weighted by atomic mass is 9.96. The van der Waals surface area contributed by atoms with Crippen molar-refractivity contribution < 1.29 is 4.79 Å². The summed E-state index contributed by atoms with van der Waals surface area (Å²) < 4.78 is 2.20. The molecule has 2 atom stereocenters. The van der Waals surface area contributed by atoms with Crippen molar-refractivity contribution in [1.29, 1.82) is 0 Å². The maximum atomic E-state index is 12.0. The molecule has 6 nitrogen and oxygen atoms in total. The third-order valence-electron chi connectivity index (χ3n) is 7.06. The van der Waals surface area contributed by atoms with Crippen LogP contribution in [-0.2, 0) is 4.79 Å². The molecule has 1 saturated heterocycles. The van der Waals surface area contributed by atoms with Gasteiger partial charge in [0, 0.05) is 35.4 Å². The van der Waals surface area contributed by atoms with E-state index in [1.54, 1.807) is 0 Å². The summed E-state index contributed by atoms with van der Waals surface area (Å²) in [6.45, 7) is 8.05. The molecule has 0 bridgehead atoms. The second-order valence-corrected chi connectivity index (χ2v) is 10.3. The van der Waals surface area contributed by atoms with Crippen LogP contribution in [0.4, 0.5) is 11.4 Å². The molecule has 38 heavy (non-hydrogen) atoms. The standard InChI is InChI=1S/C30H30ClN5OS/c1-5-27(37)33-24-14-13-21(16-18(24)2)36-29(28(34-30(36)38)25-11-8-9-15-32-25)22-17-19(3)35(20(22)4)26-12-7-6-10-23(26)31/h6-17,28-29H,5H2,1-4H3,(H,33,37)(H,34,38)/t28-,29+/m1/s1. The number of nitrogens with one attached hydrogen (secondary N) is 2. The van der Waals surface area contributed by atoms with Gasteiger partial charge in [0.15, 0.2) is 5.11 Å². The fraction of sp³-hybridized carbons (Fsp3) is 0.233. The van der Waals surface area contributed by atoms with Crippen molar-refractivity contribution in [3.8, 4) is 5.69 Å². The first-order valence-electron chi connectivity index (χ1n) is 12.6. The zero-order valence-corrected chi connectivity index (χ0v) is 23.4. The fourth-order valence-electron chi connectivity index (χ4n) is 5.22. The smallest absolute Gasteiger partial charge is 0.224 e. The van der Waals surface area contributed by atoms with Crippen molar-refractivity contribution in [2.45, 2.75) is 46.2 Å². The Morgan fingerprint density at radius 1 is 1.08 bits per heavy atom. The molecule has 0 aliphatic carbocycles. The van der Waals surface area contributed by atoms with Gasteiger partial charge in [-0.2, -0.15) is 0 Å². The molecule has 8 heteroatoms. The SMILES string of the molecule is CCC(=O)Nc1ccc(N2C(=S)N[C@H](c3ccccn3)[C@@H]2c2cc(C)n(-c3ccccc3Cl)c2C)cc1C. The monoisotopic (exact) mass is 543 g/mol. The lowest BCUT2D eigenvalue weighted by molar-refractivity contribution is -0.115. The van der Waals surface area contributed by atoms with E-state index in [1.165, 1.54) is 0 Å². The molecule has 1 fully saturated rings. The minimum Gasteiger partial charge on any atom is -0.351 e. The number of para-hydroxylation sites is 1. The quantitative estimate of drug-likeness (QED) is 0.257. The van der Waals surface area contributed by atoms with Gasteiger partial charge >= 0.3 is 0 Å².